The highest BCUT2D eigenvalue weighted by Crippen LogP contribution is 2.27. The van der Waals surface area contributed by atoms with Crippen molar-refractivity contribution in [2.24, 2.45) is 0 Å². The number of carbonyl (C=O) groups is 1. The summed E-state index contributed by atoms with van der Waals surface area (Å²) in [4.78, 5) is 24.0. The van der Waals surface area contributed by atoms with Gasteiger partial charge in [0.15, 0.2) is 0 Å². The van der Waals surface area contributed by atoms with Crippen molar-refractivity contribution < 1.29 is 14.3 Å². The van der Waals surface area contributed by atoms with Crippen LogP contribution in [0.1, 0.15) is 25.7 Å². The van der Waals surface area contributed by atoms with Crippen molar-refractivity contribution in [3.05, 3.63) is 25.0 Å². The number of methoxy groups -OCH3 is 1. The first kappa shape index (κ1) is 16.2. The molecule has 2 heterocycles. The number of amides is 1. The van der Waals surface area contributed by atoms with E-state index >= 15 is 0 Å². The predicted molar refractivity (Wildman–Crippen MR) is 83.4 cm³/mol. The Balaban J connectivity index is 1.44. The quantitative estimate of drug-likeness (QED) is 0.825. The number of hydrogen-bond acceptors (Lipinski definition) is 7. The highest BCUT2D eigenvalue weighted by atomic mass is 16.5. The first-order valence-corrected chi connectivity index (χ1v) is 7.88. The van der Waals surface area contributed by atoms with Crippen LogP contribution in [0.5, 0.6) is 11.8 Å². The highest BCUT2D eigenvalue weighted by molar-refractivity contribution is 5.75. The van der Waals surface area contributed by atoms with Crippen molar-refractivity contribution >= 4 is 5.91 Å². The zero-order valence-electron chi connectivity index (χ0n) is 13.5. The molecule has 1 aliphatic carbocycles. The van der Waals surface area contributed by atoms with Gasteiger partial charge in [-0.1, -0.05) is 0 Å². The lowest BCUT2D eigenvalue weighted by molar-refractivity contribution is -0.122. The third-order valence-electron chi connectivity index (χ3n) is 3.92. The molecule has 0 spiro atoms. The number of aromatic nitrogens is 5. The average Bonchev–Trinajstić information content (AvgIpc) is 3.10. The first-order valence-electron chi connectivity index (χ1n) is 7.88. The summed E-state index contributed by atoms with van der Waals surface area (Å²) < 4.78 is 12.5. The molecule has 2 aromatic rings. The summed E-state index contributed by atoms with van der Waals surface area (Å²) in [7, 11) is 1.54. The molecule has 1 fully saturated rings. The SMILES string of the molecule is COc1nccnc1OC1CCC(NC(=O)Cn2cncn2)CC1. The van der Waals surface area contributed by atoms with E-state index in [0.717, 1.165) is 25.7 Å². The molecule has 1 N–H and O–H groups in total. The van der Waals surface area contributed by atoms with E-state index in [1.165, 1.54) is 17.3 Å². The molecule has 0 saturated heterocycles. The maximum Gasteiger partial charge on any atom is 0.278 e. The van der Waals surface area contributed by atoms with E-state index in [-0.39, 0.29) is 24.6 Å². The van der Waals surface area contributed by atoms with Crippen LogP contribution < -0.4 is 14.8 Å². The first-order chi connectivity index (χ1) is 11.7. The van der Waals surface area contributed by atoms with Gasteiger partial charge in [0.1, 0.15) is 25.3 Å². The number of nitrogens with zero attached hydrogens (tertiary/aromatic N) is 5. The molecule has 0 aliphatic heterocycles. The van der Waals surface area contributed by atoms with Crippen molar-refractivity contribution in [3.8, 4) is 11.8 Å². The summed E-state index contributed by atoms with van der Waals surface area (Å²) in [6.45, 7) is 0.188. The van der Waals surface area contributed by atoms with E-state index < -0.39 is 0 Å². The number of ether oxygens (including phenoxy) is 2. The van der Waals surface area contributed by atoms with E-state index in [0.29, 0.717) is 11.8 Å². The van der Waals surface area contributed by atoms with Gasteiger partial charge in [0.05, 0.1) is 7.11 Å². The molecular formula is C15H20N6O3. The lowest BCUT2D eigenvalue weighted by Crippen LogP contribution is -2.41. The fraction of sp³-hybridized carbons (Fsp3) is 0.533. The smallest absolute Gasteiger partial charge is 0.278 e. The summed E-state index contributed by atoms with van der Waals surface area (Å²) in [5, 5.41) is 6.95. The minimum Gasteiger partial charge on any atom is -0.477 e. The topological polar surface area (TPSA) is 104 Å². The lowest BCUT2D eigenvalue weighted by atomic mass is 9.93. The van der Waals surface area contributed by atoms with Gasteiger partial charge in [-0.25, -0.2) is 19.6 Å². The third-order valence-corrected chi connectivity index (χ3v) is 3.92. The van der Waals surface area contributed by atoms with Crippen LogP contribution in [0.2, 0.25) is 0 Å². The lowest BCUT2D eigenvalue weighted by Gasteiger charge is -2.29. The largest absolute Gasteiger partial charge is 0.477 e. The van der Waals surface area contributed by atoms with Crippen LogP contribution in [0.3, 0.4) is 0 Å². The van der Waals surface area contributed by atoms with Crippen LogP contribution >= 0.6 is 0 Å². The number of rotatable bonds is 6. The van der Waals surface area contributed by atoms with Crippen molar-refractivity contribution in [2.45, 2.75) is 44.4 Å². The van der Waals surface area contributed by atoms with Crippen LogP contribution in [0.4, 0.5) is 0 Å². The minimum atomic E-state index is -0.0551. The molecule has 3 rings (SSSR count). The molecule has 0 radical (unpaired) electrons. The van der Waals surface area contributed by atoms with E-state index in [1.54, 1.807) is 19.5 Å². The standard InChI is InChI=1S/C15H20N6O3/c1-23-14-15(18-7-6-17-14)24-12-4-2-11(3-5-12)20-13(22)8-21-10-16-9-19-21/h6-7,9-12H,2-5,8H2,1H3,(H,20,22). The normalized spacial score (nSPS) is 20.4. The summed E-state index contributed by atoms with van der Waals surface area (Å²) in [5.74, 6) is 0.750. The Bertz CT molecular complexity index is 655. The van der Waals surface area contributed by atoms with Crippen LogP contribution in [-0.2, 0) is 11.3 Å². The van der Waals surface area contributed by atoms with E-state index in [9.17, 15) is 4.79 Å². The average molecular weight is 332 g/mol. The van der Waals surface area contributed by atoms with E-state index in [1.807, 2.05) is 0 Å². The van der Waals surface area contributed by atoms with Crippen molar-refractivity contribution in [1.29, 1.82) is 0 Å². The summed E-state index contributed by atoms with van der Waals surface area (Å²) in [6, 6.07) is 0.157. The zero-order chi connectivity index (χ0) is 16.8. The molecule has 9 heteroatoms. The number of nitrogens with one attached hydrogen (secondary N) is 1. The van der Waals surface area contributed by atoms with E-state index in [4.69, 9.17) is 9.47 Å². The molecule has 9 nitrogen and oxygen atoms in total. The Morgan fingerprint density at radius 2 is 2.00 bits per heavy atom. The summed E-state index contributed by atoms with van der Waals surface area (Å²) >= 11 is 0. The number of carbonyl (C=O) groups excluding carboxylic acids is 1. The summed E-state index contributed by atoms with van der Waals surface area (Å²) in [5.41, 5.74) is 0. The van der Waals surface area contributed by atoms with E-state index in [2.05, 4.69) is 25.4 Å². The molecule has 0 bridgehead atoms. The van der Waals surface area contributed by atoms with Gasteiger partial charge in [-0.15, -0.1) is 0 Å². The maximum atomic E-state index is 12.0. The minimum absolute atomic E-state index is 0.0547. The Labute approximate surface area is 139 Å². The molecule has 0 unspecified atom stereocenters. The monoisotopic (exact) mass is 332 g/mol. The Morgan fingerprint density at radius 3 is 2.67 bits per heavy atom. The van der Waals surface area contributed by atoms with Crippen LogP contribution in [-0.4, -0.2) is 49.9 Å². The van der Waals surface area contributed by atoms with Gasteiger partial charge in [0.25, 0.3) is 11.8 Å². The molecule has 0 aromatic carbocycles. The van der Waals surface area contributed by atoms with Crippen LogP contribution in [0, 0.1) is 0 Å². The number of hydrogen-bond donors (Lipinski definition) is 1. The van der Waals surface area contributed by atoms with Gasteiger partial charge in [-0.05, 0) is 25.7 Å². The predicted octanol–water partition coefficient (Wildman–Crippen LogP) is 0.583. The second kappa shape index (κ2) is 7.71. The Hall–Kier alpha value is -2.71. The van der Waals surface area contributed by atoms with Crippen LogP contribution in [0.15, 0.2) is 25.0 Å². The maximum absolute atomic E-state index is 12.0. The second-order valence-corrected chi connectivity index (χ2v) is 5.62. The third kappa shape index (κ3) is 4.18. The molecule has 128 valence electrons. The fourth-order valence-electron chi connectivity index (χ4n) is 2.75. The fourth-order valence-corrected chi connectivity index (χ4v) is 2.75. The van der Waals surface area contributed by atoms with Gasteiger partial charge in [-0.2, -0.15) is 5.10 Å². The Kier molecular flexibility index (Phi) is 5.19. The van der Waals surface area contributed by atoms with Gasteiger partial charge >= 0.3 is 0 Å². The molecule has 24 heavy (non-hydrogen) atoms. The zero-order valence-corrected chi connectivity index (χ0v) is 13.5. The van der Waals surface area contributed by atoms with Crippen molar-refractivity contribution in [2.75, 3.05) is 7.11 Å². The molecule has 0 atom stereocenters. The Morgan fingerprint density at radius 1 is 1.25 bits per heavy atom. The van der Waals surface area contributed by atoms with Gasteiger partial charge in [0.2, 0.25) is 5.91 Å². The van der Waals surface area contributed by atoms with Crippen LogP contribution in [0.25, 0.3) is 0 Å². The van der Waals surface area contributed by atoms with Crippen molar-refractivity contribution in [3.63, 3.8) is 0 Å². The highest BCUT2D eigenvalue weighted by Gasteiger charge is 2.25. The van der Waals surface area contributed by atoms with Gasteiger partial charge in [-0.3, -0.25) is 4.79 Å². The molecule has 1 amide bonds. The molecule has 1 saturated carbocycles. The molecule has 2 aromatic heterocycles. The van der Waals surface area contributed by atoms with Crippen molar-refractivity contribution in [1.82, 2.24) is 30.0 Å². The molecular weight excluding hydrogens is 312 g/mol. The van der Waals surface area contributed by atoms with Gasteiger partial charge in [0, 0.05) is 18.4 Å². The summed E-state index contributed by atoms with van der Waals surface area (Å²) in [6.07, 6.45) is 9.53. The second-order valence-electron chi connectivity index (χ2n) is 5.62. The van der Waals surface area contributed by atoms with Gasteiger partial charge < -0.3 is 14.8 Å². The molecule has 1 aliphatic rings.